The maximum atomic E-state index is 12.9. The van der Waals surface area contributed by atoms with Crippen LogP contribution in [0.25, 0.3) is 0 Å². The molecule has 0 unspecified atom stereocenters. The molecule has 0 aliphatic carbocycles. The number of amides is 2. The average molecular weight is 380 g/mol. The van der Waals surface area contributed by atoms with Gasteiger partial charge in [0, 0.05) is 12.2 Å². The second-order valence-corrected chi connectivity index (χ2v) is 8.14. The Morgan fingerprint density at radius 3 is 2.46 bits per heavy atom. The van der Waals surface area contributed by atoms with Crippen LogP contribution in [0.3, 0.4) is 0 Å². The van der Waals surface area contributed by atoms with Gasteiger partial charge in [-0.1, -0.05) is 48.5 Å². The largest absolute Gasteiger partial charge is 0.444 e. The van der Waals surface area contributed by atoms with Crippen molar-refractivity contribution in [1.82, 2.24) is 4.90 Å². The van der Waals surface area contributed by atoms with E-state index in [1.54, 1.807) is 4.90 Å². The number of anilines is 1. The number of ether oxygens (including phenoxy) is 1. The lowest BCUT2D eigenvalue weighted by Crippen LogP contribution is -2.45. The van der Waals surface area contributed by atoms with Gasteiger partial charge in [-0.15, -0.1) is 0 Å². The van der Waals surface area contributed by atoms with Crippen molar-refractivity contribution in [1.29, 1.82) is 0 Å². The highest BCUT2D eigenvalue weighted by Crippen LogP contribution is 2.24. The molecule has 1 N–H and O–H groups in total. The van der Waals surface area contributed by atoms with E-state index in [9.17, 15) is 9.59 Å². The van der Waals surface area contributed by atoms with E-state index in [0.29, 0.717) is 13.0 Å². The minimum Gasteiger partial charge on any atom is -0.444 e. The van der Waals surface area contributed by atoms with Gasteiger partial charge in [-0.25, -0.2) is 4.79 Å². The molecule has 0 saturated carbocycles. The zero-order valence-corrected chi connectivity index (χ0v) is 16.8. The SMILES string of the molecule is CC(C)(C)OC(=O)N1CCC[C@@H]1C(=O)Nc1ccccc1Cc1ccccc1. The number of nitrogens with one attached hydrogen (secondary N) is 1. The summed E-state index contributed by atoms with van der Waals surface area (Å²) in [4.78, 5) is 26.9. The van der Waals surface area contributed by atoms with Crippen LogP contribution in [-0.2, 0) is 16.0 Å². The van der Waals surface area contributed by atoms with Crippen LogP contribution in [0.1, 0.15) is 44.7 Å². The van der Waals surface area contributed by atoms with Gasteiger partial charge in [0.1, 0.15) is 11.6 Å². The van der Waals surface area contributed by atoms with Crippen molar-refractivity contribution in [3.8, 4) is 0 Å². The zero-order valence-electron chi connectivity index (χ0n) is 16.8. The Labute approximate surface area is 166 Å². The summed E-state index contributed by atoms with van der Waals surface area (Å²) in [5.74, 6) is -0.163. The molecule has 2 amide bonds. The third-order valence-electron chi connectivity index (χ3n) is 4.70. The van der Waals surface area contributed by atoms with Gasteiger partial charge in [-0.2, -0.15) is 0 Å². The second kappa shape index (κ2) is 8.46. The van der Waals surface area contributed by atoms with E-state index in [4.69, 9.17) is 4.74 Å². The number of hydrogen-bond donors (Lipinski definition) is 1. The maximum absolute atomic E-state index is 12.9. The number of likely N-dealkylation sites (tertiary alicyclic amines) is 1. The van der Waals surface area contributed by atoms with Crippen LogP contribution < -0.4 is 5.32 Å². The standard InChI is InChI=1S/C23H28N2O3/c1-23(2,3)28-22(27)25-15-9-14-20(25)21(26)24-19-13-8-7-12-18(19)16-17-10-5-4-6-11-17/h4-8,10-13,20H,9,14-16H2,1-3H3,(H,24,26)/t20-/m1/s1. The Bertz CT molecular complexity index is 827. The molecule has 2 aromatic carbocycles. The molecule has 5 heteroatoms. The molecule has 1 aliphatic rings. The van der Waals surface area contributed by atoms with Gasteiger partial charge in [-0.05, 0) is 57.2 Å². The minimum absolute atomic E-state index is 0.163. The van der Waals surface area contributed by atoms with Gasteiger partial charge < -0.3 is 10.1 Å². The summed E-state index contributed by atoms with van der Waals surface area (Å²) < 4.78 is 5.46. The number of para-hydroxylation sites is 1. The summed E-state index contributed by atoms with van der Waals surface area (Å²) >= 11 is 0. The number of carbonyl (C=O) groups is 2. The molecule has 148 valence electrons. The molecule has 28 heavy (non-hydrogen) atoms. The number of nitrogens with zero attached hydrogens (tertiary/aromatic N) is 1. The Balaban J connectivity index is 1.71. The van der Waals surface area contributed by atoms with Crippen molar-refractivity contribution in [2.45, 2.75) is 51.7 Å². The predicted octanol–water partition coefficient (Wildman–Crippen LogP) is 4.62. The van der Waals surface area contributed by atoms with Gasteiger partial charge in [0.05, 0.1) is 0 Å². The van der Waals surface area contributed by atoms with E-state index in [0.717, 1.165) is 24.1 Å². The monoisotopic (exact) mass is 380 g/mol. The minimum atomic E-state index is -0.580. The number of benzene rings is 2. The molecule has 1 heterocycles. The molecule has 0 aromatic heterocycles. The fourth-order valence-corrected chi connectivity index (χ4v) is 3.41. The molecule has 0 bridgehead atoms. The van der Waals surface area contributed by atoms with Gasteiger partial charge in [-0.3, -0.25) is 9.69 Å². The normalized spacial score (nSPS) is 16.7. The molecule has 1 fully saturated rings. The van der Waals surface area contributed by atoms with Gasteiger partial charge >= 0.3 is 6.09 Å². The Morgan fingerprint density at radius 2 is 1.75 bits per heavy atom. The number of carbonyl (C=O) groups excluding carboxylic acids is 2. The lowest BCUT2D eigenvalue weighted by Gasteiger charge is -2.28. The smallest absolute Gasteiger partial charge is 0.410 e. The Kier molecular flexibility index (Phi) is 6.02. The molecule has 2 aromatic rings. The molecular weight excluding hydrogens is 352 g/mol. The van der Waals surface area contributed by atoms with Crippen LogP contribution in [0, 0.1) is 0 Å². The Hall–Kier alpha value is -2.82. The van der Waals surface area contributed by atoms with Crippen molar-refractivity contribution in [3.05, 3.63) is 65.7 Å². The lowest BCUT2D eigenvalue weighted by molar-refractivity contribution is -0.120. The maximum Gasteiger partial charge on any atom is 0.410 e. The molecule has 5 nitrogen and oxygen atoms in total. The van der Waals surface area contributed by atoms with E-state index in [-0.39, 0.29) is 5.91 Å². The van der Waals surface area contributed by atoms with Crippen LogP contribution in [0.15, 0.2) is 54.6 Å². The Morgan fingerprint density at radius 1 is 1.07 bits per heavy atom. The first kappa shape index (κ1) is 19.9. The van der Waals surface area contributed by atoms with Gasteiger partial charge in [0.25, 0.3) is 0 Å². The molecular formula is C23H28N2O3. The van der Waals surface area contributed by atoms with Crippen molar-refractivity contribution >= 4 is 17.7 Å². The van der Waals surface area contributed by atoms with E-state index in [1.807, 2.05) is 63.2 Å². The zero-order chi connectivity index (χ0) is 20.1. The van der Waals surface area contributed by atoms with Crippen molar-refractivity contribution < 1.29 is 14.3 Å². The van der Waals surface area contributed by atoms with Crippen LogP contribution in [0.2, 0.25) is 0 Å². The first-order valence-electron chi connectivity index (χ1n) is 9.76. The summed E-state index contributed by atoms with van der Waals surface area (Å²) in [5, 5.41) is 3.03. The third-order valence-corrected chi connectivity index (χ3v) is 4.70. The number of hydrogen-bond acceptors (Lipinski definition) is 3. The van der Waals surface area contributed by atoms with E-state index in [2.05, 4.69) is 17.4 Å². The average Bonchev–Trinajstić information content (AvgIpc) is 3.13. The highest BCUT2D eigenvalue weighted by molar-refractivity contribution is 5.97. The fourth-order valence-electron chi connectivity index (χ4n) is 3.41. The first-order chi connectivity index (χ1) is 13.3. The molecule has 0 spiro atoms. The summed E-state index contributed by atoms with van der Waals surface area (Å²) in [6.45, 7) is 6.03. The van der Waals surface area contributed by atoms with Crippen molar-refractivity contribution in [3.63, 3.8) is 0 Å². The molecule has 1 aliphatic heterocycles. The van der Waals surface area contributed by atoms with Gasteiger partial charge in [0.15, 0.2) is 0 Å². The summed E-state index contributed by atoms with van der Waals surface area (Å²) in [6.07, 6.45) is 1.75. The van der Waals surface area contributed by atoms with Crippen LogP contribution in [-0.4, -0.2) is 35.1 Å². The number of rotatable bonds is 4. The lowest BCUT2D eigenvalue weighted by atomic mass is 10.0. The predicted molar refractivity (Wildman–Crippen MR) is 110 cm³/mol. The molecule has 1 saturated heterocycles. The first-order valence-corrected chi connectivity index (χ1v) is 9.76. The van der Waals surface area contributed by atoms with E-state index >= 15 is 0 Å². The molecule has 1 atom stereocenters. The van der Waals surface area contributed by atoms with Crippen molar-refractivity contribution in [2.75, 3.05) is 11.9 Å². The summed E-state index contributed by atoms with van der Waals surface area (Å²) in [5.41, 5.74) is 2.43. The third kappa shape index (κ3) is 5.12. The summed E-state index contributed by atoms with van der Waals surface area (Å²) in [7, 11) is 0. The van der Waals surface area contributed by atoms with E-state index < -0.39 is 17.7 Å². The highest BCUT2D eigenvalue weighted by Gasteiger charge is 2.36. The molecule has 3 rings (SSSR count). The summed E-state index contributed by atoms with van der Waals surface area (Å²) in [6, 6.07) is 17.4. The second-order valence-electron chi connectivity index (χ2n) is 8.14. The fraction of sp³-hybridized carbons (Fsp3) is 0.391. The van der Waals surface area contributed by atoms with Crippen LogP contribution in [0.5, 0.6) is 0 Å². The van der Waals surface area contributed by atoms with Crippen LogP contribution in [0.4, 0.5) is 10.5 Å². The molecule has 0 radical (unpaired) electrons. The highest BCUT2D eigenvalue weighted by atomic mass is 16.6. The van der Waals surface area contributed by atoms with E-state index in [1.165, 1.54) is 5.56 Å². The quantitative estimate of drug-likeness (QED) is 0.842. The topological polar surface area (TPSA) is 58.6 Å². The van der Waals surface area contributed by atoms with Crippen LogP contribution >= 0.6 is 0 Å². The van der Waals surface area contributed by atoms with Gasteiger partial charge in [0.2, 0.25) is 5.91 Å². The van der Waals surface area contributed by atoms with Crippen molar-refractivity contribution in [2.24, 2.45) is 0 Å².